The summed E-state index contributed by atoms with van der Waals surface area (Å²) in [4.78, 5) is 17.3. The van der Waals surface area contributed by atoms with Crippen LogP contribution in [0, 0.1) is 25.2 Å². The van der Waals surface area contributed by atoms with Crippen LogP contribution in [0.5, 0.6) is 11.5 Å². The van der Waals surface area contributed by atoms with E-state index in [2.05, 4.69) is 21.5 Å². The van der Waals surface area contributed by atoms with Gasteiger partial charge in [0.2, 0.25) is 0 Å². The number of hydrogen-bond acceptors (Lipinski definition) is 6. The van der Waals surface area contributed by atoms with Crippen molar-refractivity contribution in [1.82, 2.24) is 14.8 Å². The van der Waals surface area contributed by atoms with Gasteiger partial charge in [-0.2, -0.15) is 15.0 Å². The number of aryl methyl sites for hydroxylation is 2. The summed E-state index contributed by atoms with van der Waals surface area (Å²) in [6, 6.07) is 17.0. The molecule has 0 aliphatic rings. The zero-order valence-corrected chi connectivity index (χ0v) is 17.9. The Kier molecular flexibility index (Phi) is 5.73. The van der Waals surface area contributed by atoms with Crippen molar-refractivity contribution in [2.24, 2.45) is 0 Å². The third-order valence-electron chi connectivity index (χ3n) is 5.03. The summed E-state index contributed by atoms with van der Waals surface area (Å²) >= 11 is 0. The van der Waals surface area contributed by atoms with Gasteiger partial charge in [0.15, 0.2) is 18.2 Å². The molecule has 0 bridgehead atoms. The van der Waals surface area contributed by atoms with Crippen LogP contribution < -0.4 is 14.8 Å². The molecule has 0 saturated heterocycles. The predicted molar refractivity (Wildman–Crippen MR) is 120 cm³/mol. The zero-order chi connectivity index (χ0) is 22.7. The monoisotopic (exact) mass is 427 g/mol. The van der Waals surface area contributed by atoms with Crippen molar-refractivity contribution in [3.8, 4) is 23.4 Å². The number of amides is 1. The van der Waals surface area contributed by atoms with E-state index in [4.69, 9.17) is 9.47 Å². The second-order valence-corrected chi connectivity index (χ2v) is 7.19. The van der Waals surface area contributed by atoms with E-state index in [1.54, 1.807) is 13.2 Å². The lowest BCUT2D eigenvalue weighted by atomic mass is 10.1. The van der Waals surface area contributed by atoms with Crippen LogP contribution in [0.3, 0.4) is 0 Å². The molecule has 0 spiro atoms. The number of hydrogen-bond donors (Lipinski definition) is 1. The lowest BCUT2D eigenvalue weighted by Crippen LogP contribution is -2.22. The third kappa shape index (κ3) is 3.96. The highest BCUT2D eigenvalue weighted by atomic mass is 16.5. The number of fused-ring (bicyclic) bond motifs is 1. The average Bonchev–Trinajstić information content (AvgIpc) is 3.20. The molecule has 8 nitrogen and oxygen atoms in total. The number of anilines is 1. The van der Waals surface area contributed by atoms with E-state index in [-0.39, 0.29) is 18.0 Å². The molecule has 2 heterocycles. The first-order chi connectivity index (χ1) is 15.5. The Hall–Kier alpha value is -4.38. The smallest absolute Gasteiger partial charge is 0.263 e. The Labute approximate surface area is 185 Å². The molecule has 0 radical (unpaired) electrons. The topological polar surface area (TPSA) is 102 Å². The standard InChI is InChI=1S/C24H21N5O3/c1-15-7-4-5-9-19(15)32-14-22(30)28-24-17(12-25)13-26-29(24)21-11-16(2)18-8-6-10-20(31-3)23(18)27-21/h4-11,13H,14H2,1-3H3,(H,28,30). The fourth-order valence-corrected chi connectivity index (χ4v) is 3.40. The number of carbonyl (C=O) groups excluding carboxylic acids is 1. The first kappa shape index (κ1) is 20.9. The Bertz CT molecular complexity index is 1350. The number of nitrogens with zero attached hydrogens (tertiary/aromatic N) is 4. The van der Waals surface area contributed by atoms with Crippen molar-refractivity contribution in [2.45, 2.75) is 13.8 Å². The molecule has 0 fully saturated rings. The third-order valence-corrected chi connectivity index (χ3v) is 5.03. The van der Waals surface area contributed by atoms with E-state index in [1.165, 1.54) is 10.9 Å². The van der Waals surface area contributed by atoms with E-state index >= 15 is 0 Å². The molecule has 0 saturated carbocycles. The van der Waals surface area contributed by atoms with Crippen molar-refractivity contribution in [1.29, 1.82) is 5.26 Å². The Balaban J connectivity index is 1.66. The van der Waals surface area contributed by atoms with E-state index < -0.39 is 5.91 Å². The van der Waals surface area contributed by atoms with Gasteiger partial charge >= 0.3 is 0 Å². The highest BCUT2D eigenvalue weighted by molar-refractivity contribution is 5.93. The minimum Gasteiger partial charge on any atom is -0.494 e. The van der Waals surface area contributed by atoms with Gasteiger partial charge in [0.05, 0.1) is 13.3 Å². The normalized spacial score (nSPS) is 10.6. The van der Waals surface area contributed by atoms with E-state index in [0.717, 1.165) is 16.5 Å². The molecule has 0 aliphatic carbocycles. The maximum Gasteiger partial charge on any atom is 0.263 e. The molecular formula is C24H21N5O3. The molecule has 8 heteroatoms. The van der Waals surface area contributed by atoms with Crippen LogP contribution in [0.2, 0.25) is 0 Å². The number of methoxy groups -OCH3 is 1. The second-order valence-electron chi connectivity index (χ2n) is 7.19. The Morgan fingerprint density at radius 3 is 2.66 bits per heavy atom. The molecule has 2 aromatic heterocycles. The van der Waals surface area contributed by atoms with E-state index in [9.17, 15) is 10.1 Å². The highest BCUT2D eigenvalue weighted by Gasteiger charge is 2.18. The molecule has 0 unspecified atom stereocenters. The van der Waals surface area contributed by atoms with Gasteiger partial charge in [-0.05, 0) is 43.2 Å². The van der Waals surface area contributed by atoms with Crippen LogP contribution in [-0.2, 0) is 4.79 Å². The van der Waals surface area contributed by atoms with Crippen molar-refractivity contribution in [2.75, 3.05) is 19.0 Å². The average molecular weight is 427 g/mol. The lowest BCUT2D eigenvalue weighted by Gasteiger charge is -2.13. The van der Waals surface area contributed by atoms with Crippen LogP contribution in [0.1, 0.15) is 16.7 Å². The van der Waals surface area contributed by atoms with Gasteiger partial charge in [-0.25, -0.2) is 4.98 Å². The minimum absolute atomic E-state index is 0.209. The van der Waals surface area contributed by atoms with Crippen molar-refractivity contribution in [3.63, 3.8) is 0 Å². The quantitative estimate of drug-likeness (QED) is 0.500. The summed E-state index contributed by atoms with van der Waals surface area (Å²) in [5.41, 5.74) is 2.76. The molecule has 0 atom stereocenters. The maximum absolute atomic E-state index is 12.6. The minimum atomic E-state index is -0.415. The molecule has 1 amide bonds. The molecule has 0 aliphatic heterocycles. The highest BCUT2D eigenvalue weighted by Crippen LogP contribution is 2.29. The summed E-state index contributed by atoms with van der Waals surface area (Å²) in [6.45, 7) is 3.65. The molecule has 1 N–H and O–H groups in total. The molecule has 4 rings (SSSR count). The predicted octanol–water partition coefficient (Wildman–Crippen LogP) is 3.94. The van der Waals surface area contributed by atoms with Gasteiger partial charge in [-0.3, -0.25) is 4.79 Å². The van der Waals surface area contributed by atoms with E-state index in [1.807, 2.05) is 56.3 Å². The number of benzene rings is 2. The second kappa shape index (κ2) is 8.78. The molecular weight excluding hydrogens is 406 g/mol. The van der Waals surface area contributed by atoms with E-state index in [0.29, 0.717) is 22.8 Å². The number of para-hydroxylation sites is 2. The van der Waals surface area contributed by atoms with Crippen LogP contribution in [0.15, 0.2) is 54.7 Å². The number of pyridine rings is 1. The summed E-state index contributed by atoms with van der Waals surface area (Å²) < 4.78 is 12.5. The van der Waals surface area contributed by atoms with Gasteiger partial charge in [0.25, 0.3) is 5.91 Å². The lowest BCUT2D eigenvalue weighted by molar-refractivity contribution is -0.118. The van der Waals surface area contributed by atoms with Crippen LogP contribution in [0.25, 0.3) is 16.7 Å². The van der Waals surface area contributed by atoms with Crippen molar-refractivity contribution < 1.29 is 14.3 Å². The van der Waals surface area contributed by atoms with Gasteiger partial charge in [-0.15, -0.1) is 0 Å². The van der Waals surface area contributed by atoms with Gasteiger partial charge in [0, 0.05) is 5.39 Å². The van der Waals surface area contributed by atoms with Gasteiger partial charge in [-0.1, -0.05) is 30.3 Å². The fourth-order valence-electron chi connectivity index (χ4n) is 3.40. The van der Waals surface area contributed by atoms with Gasteiger partial charge < -0.3 is 14.8 Å². The number of nitriles is 1. The Morgan fingerprint density at radius 2 is 1.91 bits per heavy atom. The van der Waals surface area contributed by atoms with Gasteiger partial charge in [0.1, 0.15) is 28.6 Å². The number of aromatic nitrogens is 3. The first-order valence-electron chi connectivity index (χ1n) is 9.93. The number of carbonyl (C=O) groups is 1. The maximum atomic E-state index is 12.6. The molecule has 32 heavy (non-hydrogen) atoms. The summed E-state index contributed by atoms with van der Waals surface area (Å²) in [7, 11) is 1.58. The van der Waals surface area contributed by atoms with Crippen molar-refractivity contribution in [3.05, 3.63) is 71.4 Å². The summed E-state index contributed by atoms with van der Waals surface area (Å²) in [5.74, 6) is 1.51. The first-order valence-corrected chi connectivity index (χ1v) is 9.93. The molecule has 2 aromatic carbocycles. The summed E-state index contributed by atoms with van der Waals surface area (Å²) in [6.07, 6.45) is 1.39. The number of ether oxygens (including phenoxy) is 2. The SMILES string of the molecule is COc1cccc2c(C)cc(-n3ncc(C#N)c3NC(=O)COc3ccccc3C)nc12. The van der Waals surface area contributed by atoms with Crippen LogP contribution in [0.4, 0.5) is 5.82 Å². The fraction of sp³-hybridized carbons (Fsp3) is 0.167. The molecule has 4 aromatic rings. The number of nitrogens with one attached hydrogen (secondary N) is 1. The largest absolute Gasteiger partial charge is 0.494 e. The summed E-state index contributed by atoms with van der Waals surface area (Å²) in [5, 5.41) is 17.5. The van der Waals surface area contributed by atoms with Crippen LogP contribution >= 0.6 is 0 Å². The van der Waals surface area contributed by atoms with Crippen LogP contribution in [-0.4, -0.2) is 34.4 Å². The Morgan fingerprint density at radius 1 is 1.12 bits per heavy atom. The molecule has 160 valence electrons. The zero-order valence-electron chi connectivity index (χ0n) is 17.9. The number of rotatable bonds is 6. The van der Waals surface area contributed by atoms with Crippen molar-refractivity contribution >= 4 is 22.6 Å².